The second-order valence-electron chi connectivity index (χ2n) is 4.63. The first kappa shape index (κ1) is 14.1. The van der Waals surface area contributed by atoms with Gasteiger partial charge in [0, 0.05) is 0 Å². The maximum atomic E-state index is 2.33. The third kappa shape index (κ3) is 3.61. The summed E-state index contributed by atoms with van der Waals surface area (Å²) in [4.78, 5) is 0. The quantitative estimate of drug-likeness (QED) is 0.699. The van der Waals surface area contributed by atoms with E-state index in [0.717, 1.165) is 0 Å². The van der Waals surface area contributed by atoms with Crippen molar-refractivity contribution in [1.82, 2.24) is 0 Å². The number of allylic oxidation sites excluding steroid dienone is 6. The van der Waals surface area contributed by atoms with Crippen LogP contribution in [-0.2, 0) is 0 Å². The minimum absolute atomic E-state index is 0.162. The summed E-state index contributed by atoms with van der Waals surface area (Å²) >= 11 is -0.162. The fourth-order valence-electron chi connectivity index (χ4n) is 2.20. The molecule has 0 unspecified atom stereocenters. The van der Waals surface area contributed by atoms with E-state index in [0.29, 0.717) is 0 Å². The topological polar surface area (TPSA) is 0 Å². The van der Waals surface area contributed by atoms with Crippen molar-refractivity contribution in [2.45, 2.75) is 0 Å². The van der Waals surface area contributed by atoms with Crippen LogP contribution in [0.2, 0.25) is 0 Å². The van der Waals surface area contributed by atoms with E-state index in [2.05, 4.69) is 95.1 Å². The molecule has 0 spiro atoms. The molecule has 0 saturated heterocycles. The Labute approximate surface area is 136 Å². The second kappa shape index (κ2) is 7.23. The molecule has 1 aliphatic rings. The molecule has 0 amide bonds. The summed E-state index contributed by atoms with van der Waals surface area (Å²) in [6.07, 6.45) is 10.7. The van der Waals surface area contributed by atoms with Crippen LogP contribution in [0.1, 0.15) is 11.1 Å². The van der Waals surface area contributed by atoms with Gasteiger partial charge in [-0.25, -0.2) is 0 Å². The minimum atomic E-state index is -0.162. The molecule has 21 heavy (non-hydrogen) atoms. The molecular weight excluding hydrogens is 367 g/mol. The summed E-state index contributed by atoms with van der Waals surface area (Å²) in [5.74, 6) is 0. The van der Waals surface area contributed by atoms with Gasteiger partial charge in [-0.3, -0.25) is 0 Å². The molecule has 0 nitrogen and oxygen atoms in total. The Balaban J connectivity index is 2.19. The molecule has 0 atom stereocenters. The van der Waals surface area contributed by atoms with Gasteiger partial charge in [-0.15, -0.1) is 0 Å². The van der Waals surface area contributed by atoms with Crippen molar-refractivity contribution in [2.24, 2.45) is 0 Å². The Bertz CT molecular complexity index is 704. The molecule has 0 aromatic heterocycles. The molecule has 2 aromatic carbocycles. The standard InChI is InChI=1S/C20H16I/c1-2-10-16-21-20(18-13-7-4-8-14-18)19(15-9-1)17-11-5-3-6-12-17/h1-16H/q-1. The van der Waals surface area contributed by atoms with Crippen molar-refractivity contribution >= 4 is 9.15 Å². The van der Waals surface area contributed by atoms with Gasteiger partial charge in [-0.05, 0) is 0 Å². The number of hydrogen-bond donors (Lipinski definition) is 0. The van der Waals surface area contributed by atoms with E-state index in [1.165, 1.54) is 20.3 Å². The predicted molar refractivity (Wildman–Crippen MR) is 87.1 cm³/mol. The van der Waals surface area contributed by atoms with Crippen LogP contribution in [0.5, 0.6) is 0 Å². The van der Waals surface area contributed by atoms with E-state index in [1.807, 2.05) is 0 Å². The predicted octanol–water partition coefficient (Wildman–Crippen LogP) is 2.28. The molecule has 1 heterocycles. The molecule has 0 radical (unpaired) electrons. The molecule has 0 fully saturated rings. The van der Waals surface area contributed by atoms with Gasteiger partial charge >= 0.3 is 137 Å². The first-order valence-corrected chi connectivity index (χ1v) is 9.26. The summed E-state index contributed by atoms with van der Waals surface area (Å²) in [6.45, 7) is 0. The van der Waals surface area contributed by atoms with Crippen LogP contribution >= 0.6 is 0 Å². The Kier molecular flexibility index (Phi) is 4.85. The molecular formula is C20H16I-. The van der Waals surface area contributed by atoms with Crippen molar-refractivity contribution in [3.8, 4) is 0 Å². The van der Waals surface area contributed by atoms with Crippen molar-refractivity contribution in [3.63, 3.8) is 0 Å². The Morgan fingerprint density at radius 1 is 0.571 bits per heavy atom. The molecule has 104 valence electrons. The summed E-state index contributed by atoms with van der Waals surface area (Å²) < 4.78 is 3.80. The summed E-state index contributed by atoms with van der Waals surface area (Å²) in [6, 6.07) is 21.4. The number of rotatable bonds is 2. The first-order chi connectivity index (χ1) is 10.4. The zero-order valence-electron chi connectivity index (χ0n) is 11.6. The normalized spacial score (nSPS) is 15.0. The van der Waals surface area contributed by atoms with Gasteiger partial charge < -0.3 is 0 Å². The number of halogens is 1. The molecule has 0 bridgehead atoms. The third-order valence-corrected chi connectivity index (χ3v) is 5.79. The van der Waals surface area contributed by atoms with Crippen LogP contribution in [0, 0.1) is 0 Å². The molecule has 2 aromatic rings. The van der Waals surface area contributed by atoms with E-state index in [-0.39, 0.29) is 21.2 Å². The molecule has 0 saturated carbocycles. The monoisotopic (exact) mass is 383 g/mol. The van der Waals surface area contributed by atoms with E-state index < -0.39 is 0 Å². The van der Waals surface area contributed by atoms with E-state index in [4.69, 9.17) is 0 Å². The van der Waals surface area contributed by atoms with Crippen LogP contribution in [0.15, 0.2) is 95.1 Å². The van der Waals surface area contributed by atoms with Gasteiger partial charge in [-0.2, -0.15) is 0 Å². The van der Waals surface area contributed by atoms with E-state index >= 15 is 0 Å². The van der Waals surface area contributed by atoms with Crippen molar-refractivity contribution < 1.29 is 21.2 Å². The maximum absolute atomic E-state index is 2.33. The zero-order valence-corrected chi connectivity index (χ0v) is 13.8. The van der Waals surface area contributed by atoms with E-state index in [1.54, 1.807) is 0 Å². The molecule has 0 aliphatic carbocycles. The van der Waals surface area contributed by atoms with Crippen LogP contribution in [0.25, 0.3) is 9.15 Å². The van der Waals surface area contributed by atoms with Crippen LogP contribution in [0.4, 0.5) is 0 Å². The first-order valence-electron chi connectivity index (χ1n) is 6.93. The number of benzene rings is 2. The van der Waals surface area contributed by atoms with E-state index in [9.17, 15) is 0 Å². The average molecular weight is 383 g/mol. The van der Waals surface area contributed by atoms with Gasteiger partial charge in [0.25, 0.3) is 0 Å². The molecule has 1 aliphatic heterocycles. The molecule has 0 N–H and O–H groups in total. The summed E-state index contributed by atoms with van der Waals surface area (Å²) in [5, 5.41) is 0. The van der Waals surface area contributed by atoms with Crippen LogP contribution in [-0.4, -0.2) is 0 Å². The fourth-order valence-corrected chi connectivity index (χ4v) is 4.55. The van der Waals surface area contributed by atoms with Crippen molar-refractivity contribution in [3.05, 3.63) is 106 Å². The van der Waals surface area contributed by atoms with Gasteiger partial charge in [0.05, 0.1) is 0 Å². The van der Waals surface area contributed by atoms with Crippen molar-refractivity contribution in [2.75, 3.05) is 0 Å². The van der Waals surface area contributed by atoms with Crippen molar-refractivity contribution in [1.29, 1.82) is 0 Å². The van der Waals surface area contributed by atoms with Crippen LogP contribution < -0.4 is 21.2 Å². The van der Waals surface area contributed by atoms with Crippen LogP contribution in [0.3, 0.4) is 0 Å². The third-order valence-electron chi connectivity index (χ3n) is 3.19. The summed E-state index contributed by atoms with van der Waals surface area (Å²) in [5.41, 5.74) is 3.96. The molecule has 3 rings (SSSR count). The average Bonchev–Trinajstić information content (AvgIpc) is 2.68. The zero-order chi connectivity index (χ0) is 14.3. The SMILES string of the molecule is C1=CC=CC(c2ccccc2)=C(c2ccccc2)[I-]C=C1. The van der Waals surface area contributed by atoms with Gasteiger partial charge in [0.15, 0.2) is 0 Å². The Morgan fingerprint density at radius 3 is 1.90 bits per heavy atom. The van der Waals surface area contributed by atoms with Gasteiger partial charge in [0.2, 0.25) is 0 Å². The Morgan fingerprint density at radius 2 is 1.19 bits per heavy atom. The van der Waals surface area contributed by atoms with Gasteiger partial charge in [0.1, 0.15) is 0 Å². The Hall–Kier alpha value is -1.87. The molecule has 1 heteroatoms. The summed E-state index contributed by atoms with van der Waals surface area (Å²) in [7, 11) is 0. The number of hydrogen-bond acceptors (Lipinski definition) is 0. The van der Waals surface area contributed by atoms with Gasteiger partial charge in [-0.1, -0.05) is 0 Å². The second-order valence-corrected chi connectivity index (χ2v) is 7.05. The fraction of sp³-hybridized carbons (Fsp3) is 0.